The number of likely N-dealkylation sites (N-methyl/N-ethyl adjacent to an activating group) is 2. The summed E-state index contributed by atoms with van der Waals surface area (Å²) < 4.78 is 8.73. The number of para-hydroxylation sites is 1. The Hall–Kier alpha value is -5.16. The van der Waals surface area contributed by atoms with Crippen LogP contribution in [0.5, 0.6) is 5.75 Å². The number of aromatic nitrogens is 3. The Morgan fingerprint density at radius 3 is 2.53 bits per heavy atom. The number of methoxy groups -OCH3 is 1. The number of nitrogens with one attached hydrogen (secondary N) is 2. The second-order valence-electron chi connectivity index (χ2n) is 10.5. The summed E-state index contributed by atoms with van der Waals surface area (Å²) in [5.41, 5.74) is 5.25. The second kappa shape index (κ2) is 13.6. The molecule has 0 aliphatic carbocycles. The van der Waals surface area contributed by atoms with Crippen LogP contribution >= 0.6 is 15.9 Å². The molecule has 0 unspecified atom stereocenters. The van der Waals surface area contributed by atoms with Crippen LogP contribution in [0.4, 0.5) is 23.0 Å². The van der Waals surface area contributed by atoms with E-state index < -0.39 is 0 Å². The number of benzene rings is 3. The Morgan fingerprint density at radius 1 is 1.04 bits per heavy atom. The number of hydrogen-bond acceptors (Lipinski definition) is 7. The van der Waals surface area contributed by atoms with E-state index in [0.717, 1.165) is 26.6 Å². The molecule has 0 fully saturated rings. The number of carbonyl (C=O) groups is 2. The summed E-state index contributed by atoms with van der Waals surface area (Å²) in [5.74, 6) is 0.442. The molecule has 0 radical (unpaired) electrons. The Balaban J connectivity index is 1.40. The van der Waals surface area contributed by atoms with E-state index >= 15 is 0 Å². The van der Waals surface area contributed by atoms with Gasteiger partial charge in [0.2, 0.25) is 11.9 Å². The van der Waals surface area contributed by atoms with Crippen LogP contribution < -0.4 is 20.3 Å². The first-order valence-corrected chi connectivity index (χ1v) is 15.0. The fourth-order valence-electron chi connectivity index (χ4n) is 5.01. The summed E-state index contributed by atoms with van der Waals surface area (Å²) in [6, 6.07) is 20.9. The van der Waals surface area contributed by atoms with Crippen molar-refractivity contribution in [3.8, 4) is 17.0 Å². The molecule has 10 nitrogen and oxygen atoms in total. The highest BCUT2D eigenvalue weighted by Crippen LogP contribution is 2.38. The normalized spacial score (nSPS) is 10.8. The van der Waals surface area contributed by atoms with Gasteiger partial charge in [0.05, 0.1) is 29.9 Å². The molecule has 2 N–H and O–H groups in total. The lowest BCUT2D eigenvalue weighted by Gasteiger charge is -2.27. The van der Waals surface area contributed by atoms with Crippen molar-refractivity contribution in [1.82, 2.24) is 19.4 Å². The molecule has 0 aliphatic heterocycles. The van der Waals surface area contributed by atoms with E-state index in [0.29, 0.717) is 47.4 Å². The van der Waals surface area contributed by atoms with Gasteiger partial charge in [-0.3, -0.25) is 9.59 Å². The third-order valence-corrected chi connectivity index (χ3v) is 7.98. The van der Waals surface area contributed by atoms with Gasteiger partial charge in [-0.05, 0) is 48.5 Å². The van der Waals surface area contributed by atoms with Crippen molar-refractivity contribution < 1.29 is 14.3 Å². The summed E-state index contributed by atoms with van der Waals surface area (Å²) >= 11 is 3.40. The number of anilines is 4. The van der Waals surface area contributed by atoms with Gasteiger partial charge in [-0.1, -0.05) is 40.7 Å². The molecule has 0 bridgehead atoms. The van der Waals surface area contributed by atoms with Crippen molar-refractivity contribution >= 4 is 61.7 Å². The Kier molecular flexibility index (Phi) is 9.48. The van der Waals surface area contributed by atoms with Crippen LogP contribution in [0.25, 0.3) is 22.2 Å². The lowest BCUT2D eigenvalue weighted by atomic mass is 10.1. The number of hydrogen-bond donors (Lipinski definition) is 2. The summed E-state index contributed by atoms with van der Waals surface area (Å²) in [4.78, 5) is 38.2. The van der Waals surface area contributed by atoms with E-state index in [4.69, 9.17) is 9.72 Å². The molecule has 2 heterocycles. The van der Waals surface area contributed by atoms with Crippen LogP contribution in [-0.4, -0.2) is 65.5 Å². The minimum absolute atomic E-state index is 0.0843. The van der Waals surface area contributed by atoms with Crippen molar-refractivity contribution in [2.75, 3.05) is 49.8 Å². The number of carbonyl (C=O) groups excluding carboxylic acids is 2. The minimum atomic E-state index is -0.363. The molecule has 2 aromatic heterocycles. The van der Waals surface area contributed by atoms with Crippen molar-refractivity contribution in [3.63, 3.8) is 0 Å². The molecular formula is C34H34BrN7O3. The van der Waals surface area contributed by atoms with Gasteiger partial charge in [-0.25, -0.2) is 9.97 Å². The average molecular weight is 669 g/mol. The number of ether oxygens (including phenoxy) is 1. The number of amides is 2. The van der Waals surface area contributed by atoms with E-state index in [1.165, 1.54) is 6.08 Å². The van der Waals surface area contributed by atoms with Crippen molar-refractivity contribution in [1.29, 1.82) is 0 Å². The first-order valence-electron chi connectivity index (χ1n) is 14.2. The molecule has 2 amide bonds. The smallest absolute Gasteiger partial charge is 0.253 e. The Labute approximate surface area is 270 Å². The molecule has 0 atom stereocenters. The van der Waals surface area contributed by atoms with E-state index in [1.54, 1.807) is 43.5 Å². The highest BCUT2D eigenvalue weighted by atomic mass is 79.9. The number of nitrogens with zero attached hydrogens (tertiary/aromatic N) is 5. The highest BCUT2D eigenvalue weighted by molar-refractivity contribution is 9.10. The first-order chi connectivity index (χ1) is 21.7. The SMILES string of the molecule is C=CC(=O)Nc1cc(Nc2nccc(-c3cn(C)c4ccccc34)n2)c(OC)cc1N(C)CCN(C)C(=O)c1ccc(Br)cc1. The summed E-state index contributed by atoms with van der Waals surface area (Å²) in [7, 11) is 7.23. The third-order valence-electron chi connectivity index (χ3n) is 7.46. The summed E-state index contributed by atoms with van der Waals surface area (Å²) in [6.45, 7) is 4.53. The first kappa shape index (κ1) is 31.3. The standard InChI is InChI=1S/C34H34BrN7O3/c1-6-32(43)37-27-19-28(39-34-36-16-15-26(38-34)25-21-42(4)29-10-8-7-9-24(25)29)31(45-5)20-30(27)40(2)17-18-41(3)33(44)22-11-13-23(35)14-12-22/h6-16,19-21H,1,17-18H2,2-5H3,(H,37,43)(H,36,38,39). The quantitative estimate of drug-likeness (QED) is 0.155. The molecule has 3 aromatic carbocycles. The summed E-state index contributed by atoms with van der Waals surface area (Å²) in [5, 5.41) is 7.26. The average Bonchev–Trinajstić information content (AvgIpc) is 3.40. The van der Waals surface area contributed by atoms with Crippen LogP contribution in [0.1, 0.15) is 10.4 Å². The molecule has 0 saturated carbocycles. The highest BCUT2D eigenvalue weighted by Gasteiger charge is 2.19. The molecule has 0 aliphatic rings. The van der Waals surface area contributed by atoms with Crippen LogP contribution in [0.2, 0.25) is 0 Å². The predicted molar refractivity (Wildman–Crippen MR) is 183 cm³/mol. The van der Waals surface area contributed by atoms with E-state index in [2.05, 4.69) is 61.0 Å². The van der Waals surface area contributed by atoms with E-state index in [-0.39, 0.29) is 11.8 Å². The fraction of sp³-hybridized carbons (Fsp3) is 0.176. The molecule has 0 saturated heterocycles. The zero-order chi connectivity index (χ0) is 32.1. The fourth-order valence-corrected chi connectivity index (χ4v) is 5.27. The van der Waals surface area contributed by atoms with Crippen LogP contribution in [0, 0.1) is 0 Å². The van der Waals surface area contributed by atoms with Gasteiger partial charge in [0.15, 0.2) is 0 Å². The molecule has 5 aromatic rings. The zero-order valence-electron chi connectivity index (χ0n) is 25.5. The van der Waals surface area contributed by atoms with Gasteiger partial charge in [0, 0.05) is 79.2 Å². The van der Waals surface area contributed by atoms with Gasteiger partial charge < -0.3 is 29.7 Å². The molecule has 230 valence electrons. The van der Waals surface area contributed by atoms with Gasteiger partial charge in [0.25, 0.3) is 5.91 Å². The number of rotatable bonds is 11. The summed E-state index contributed by atoms with van der Waals surface area (Å²) in [6.07, 6.45) is 4.96. The van der Waals surface area contributed by atoms with Crippen LogP contribution in [0.3, 0.4) is 0 Å². The topological polar surface area (TPSA) is 105 Å². The van der Waals surface area contributed by atoms with E-state index in [9.17, 15) is 9.59 Å². The van der Waals surface area contributed by atoms with Gasteiger partial charge in [-0.15, -0.1) is 0 Å². The van der Waals surface area contributed by atoms with Crippen molar-refractivity contribution in [2.24, 2.45) is 7.05 Å². The maximum Gasteiger partial charge on any atom is 0.253 e. The number of halogens is 1. The predicted octanol–water partition coefficient (Wildman–Crippen LogP) is 6.48. The number of fused-ring (bicyclic) bond motifs is 1. The third kappa shape index (κ3) is 6.99. The Morgan fingerprint density at radius 2 is 1.80 bits per heavy atom. The zero-order valence-corrected chi connectivity index (χ0v) is 27.1. The molecule has 5 rings (SSSR count). The van der Waals surface area contributed by atoms with Gasteiger partial charge in [0.1, 0.15) is 5.75 Å². The largest absolute Gasteiger partial charge is 0.494 e. The van der Waals surface area contributed by atoms with Crippen molar-refractivity contribution in [2.45, 2.75) is 0 Å². The van der Waals surface area contributed by atoms with Crippen LogP contribution in [0.15, 0.2) is 96.3 Å². The maximum absolute atomic E-state index is 12.9. The minimum Gasteiger partial charge on any atom is -0.494 e. The molecule has 0 spiro atoms. The number of aryl methyl sites for hydroxylation is 1. The van der Waals surface area contributed by atoms with Crippen molar-refractivity contribution in [3.05, 3.63) is 102 Å². The Bertz CT molecular complexity index is 1870. The van der Waals surface area contributed by atoms with E-state index in [1.807, 2.05) is 55.4 Å². The molecule has 11 heteroatoms. The lowest BCUT2D eigenvalue weighted by molar-refractivity contribution is -0.111. The molecular weight excluding hydrogens is 634 g/mol. The molecule has 45 heavy (non-hydrogen) atoms. The van der Waals surface area contributed by atoms with Gasteiger partial charge >= 0.3 is 0 Å². The monoisotopic (exact) mass is 667 g/mol. The second-order valence-corrected chi connectivity index (χ2v) is 11.4. The van der Waals surface area contributed by atoms with Gasteiger partial charge in [-0.2, -0.15) is 0 Å². The maximum atomic E-state index is 12.9. The lowest BCUT2D eigenvalue weighted by Crippen LogP contribution is -2.35. The van der Waals surface area contributed by atoms with Crippen LogP contribution in [-0.2, 0) is 11.8 Å².